The SMILES string of the molecule is Cc1c(C(=O)O)ccc2c1CC[C@@H]2NC(=O)c1cc(C(=O)NCc2ccc(F)c(F)c2)nc2c(C(=O)O)cnn12. The minimum Gasteiger partial charge on any atom is -0.478 e. The van der Waals surface area contributed by atoms with E-state index in [2.05, 4.69) is 20.7 Å². The first-order valence-corrected chi connectivity index (χ1v) is 12.1. The molecule has 5 rings (SSSR count). The van der Waals surface area contributed by atoms with Crippen LogP contribution in [-0.4, -0.2) is 48.6 Å². The van der Waals surface area contributed by atoms with Gasteiger partial charge in [-0.05, 0) is 60.2 Å². The van der Waals surface area contributed by atoms with Crippen LogP contribution in [0.4, 0.5) is 8.78 Å². The predicted octanol–water partition coefficient (Wildman–Crippen LogP) is 3.06. The van der Waals surface area contributed by atoms with Gasteiger partial charge in [-0.3, -0.25) is 9.59 Å². The van der Waals surface area contributed by atoms with Crippen LogP contribution >= 0.6 is 0 Å². The Kier molecular flexibility index (Phi) is 6.71. The van der Waals surface area contributed by atoms with E-state index in [1.807, 2.05) is 0 Å². The van der Waals surface area contributed by atoms with E-state index < -0.39 is 41.4 Å². The molecule has 2 amide bonds. The Morgan fingerprint density at radius 1 is 1.00 bits per heavy atom. The molecule has 13 heteroatoms. The smallest absolute Gasteiger partial charge is 0.341 e. The second kappa shape index (κ2) is 10.2. The molecule has 0 fully saturated rings. The van der Waals surface area contributed by atoms with Crippen molar-refractivity contribution in [1.82, 2.24) is 25.2 Å². The van der Waals surface area contributed by atoms with Crippen molar-refractivity contribution in [3.63, 3.8) is 0 Å². The third-order valence-corrected chi connectivity index (χ3v) is 6.83. The quantitative estimate of drug-likeness (QED) is 0.273. The summed E-state index contributed by atoms with van der Waals surface area (Å²) in [5, 5.41) is 28.3. The molecule has 1 aliphatic carbocycles. The van der Waals surface area contributed by atoms with Crippen molar-refractivity contribution < 1.29 is 38.2 Å². The number of carboxylic acids is 2. The summed E-state index contributed by atoms with van der Waals surface area (Å²) in [6.07, 6.45) is 2.05. The van der Waals surface area contributed by atoms with E-state index in [9.17, 15) is 38.2 Å². The molecule has 0 bridgehead atoms. The fraction of sp³-hybridized carbons (Fsp3) is 0.185. The van der Waals surface area contributed by atoms with Gasteiger partial charge in [-0.2, -0.15) is 5.10 Å². The van der Waals surface area contributed by atoms with Crippen LogP contribution in [0, 0.1) is 18.6 Å². The Labute approximate surface area is 224 Å². The summed E-state index contributed by atoms with van der Waals surface area (Å²) in [6.45, 7) is 1.52. The molecule has 0 radical (unpaired) electrons. The van der Waals surface area contributed by atoms with Crippen LogP contribution in [-0.2, 0) is 13.0 Å². The van der Waals surface area contributed by atoms with E-state index in [0.717, 1.165) is 40.0 Å². The van der Waals surface area contributed by atoms with Gasteiger partial charge in [0, 0.05) is 12.6 Å². The predicted molar refractivity (Wildman–Crippen MR) is 134 cm³/mol. The first-order valence-electron chi connectivity index (χ1n) is 12.1. The molecular formula is C27H21F2N5O6. The number of halogens is 2. The van der Waals surface area contributed by atoms with Gasteiger partial charge in [0.1, 0.15) is 17.0 Å². The van der Waals surface area contributed by atoms with Gasteiger partial charge in [-0.25, -0.2) is 27.9 Å². The molecule has 2 aromatic carbocycles. The molecule has 0 saturated carbocycles. The van der Waals surface area contributed by atoms with Gasteiger partial charge in [0.05, 0.1) is 17.8 Å². The lowest BCUT2D eigenvalue weighted by Crippen LogP contribution is -2.31. The number of carbonyl (C=O) groups excluding carboxylic acids is 2. The average Bonchev–Trinajstić information content (AvgIpc) is 3.53. The van der Waals surface area contributed by atoms with Crippen molar-refractivity contribution in [2.75, 3.05) is 0 Å². The highest BCUT2D eigenvalue weighted by atomic mass is 19.2. The van der Waals surface area contributed by atoms with Gasteiger partial charge in [-0.15, -0.1) is 0 Å². The zero-order valence-corrected chi connectivity index (χ0v) is 20.9. The summed E-state index contributed by atoms with van der Waals surface area (Å²) in [5.41, 5.74) is 1.61. The Bertz CT molecular complexity index is 1730. The maximum absolute atomic E-state index is 13.5. The van der Waals surface area contributed by atoms with Crippen LogP contribution in [0.25, 0.3) is 5.65 Å². The molecule has 1 aliphatic rings. The molecule has 0 aliphatic heterocycles. The normalized spacial score (nSPS) is 14.1. The van der Waals surface area contributed by atoms with Gasteiger partial charge in [0.25, 0.3) is 11.8 Å². The number of fused-ring (bicyclic) bond motifs is 2. The molecule has 2 heterocycles. The second-order valence-electron chi connectivity index (χ2n) is 9.23. The van der Waals surface area contributed by atoms with Gasteiger partial charge < -0.3 is 20.8 Å². The average molecular weight is 549 g/mol. The number of nitrogens with one attached hydrogen (secondary N) is 2. The second-order valence-corrected chi connectivity index (χ2v) is 9.23. The van der Waals surface area contributed by atoms with Crippen LogP contribution in [0.3, 0.4) is 0 Å². The van der Waals surface area contributed by atoms with Crippen LogP contribution in [0.5, 0.6) is 0 Å². The first-order chi connectivity index (χ1) is 19.0. The Balaban J connectivity index is 1.45. The fourth-order valence-corrected chi connectivity index (χ4v) is 4.81. The number of nitrogens with zero attached hydrogens (tertiary/aromatic N) is 3. The third-order valence-electron chi connectivity index (χ3n) is 6.83. The Hall–Kier alpha value is -5.20. The van der Waals surface area contributed by atoms with Crippen LogP contribution in [0.1, 0.15) is 76.4 Å². The van der Waals surface area contributed by atoms with Crippen molar-refractivity contribution in [2.45, 2.75) is 32.4 Å². The van der Waals surface area contributed by atoms with Crippen molar-refractivity contribution in [3.05, 3.63) is 99.0 Å². The zero-order chi connectivity index (χ0) is 28.7. The van der Waals surface area contributed by atoms with Crippen LogP contribution in [0.15, 0.2) is 42.6 Å². The van der Waals surface area contributed by atoms with Gasteiger partial charge in [0.2, 0.25) is 0 Å². The highest BCUT2D eigenvalue weighted by Gasteiger charge is 2.29. The highest BCUT2D eigenvalue weighted by molar-refractivity contribution is 6.01. The Morgan fingerprint density at radius 2 is 1.75 bits per heavy atom. The van der Waals surface area contributed by atoms with Crippen molar-refractivity contribution >= 4 is 29.4 Å². The highest BCUT2D eigenvalue weighted by Crippen LogP contribution is 2.35. The monoisotopic (exact) mass is 549 g/mol. The van der Waals surface area contributed by atoms with Gasteiger partial charge >= 0.3 is 11.9 Å². The van der Waals surface area contributed by atoms with E-state index in [4.69, 9.17) is 0 Å². The standard InChI is InChI=1S/C27H21F2N5O6/c1-12-14-5-7-20(16(14)4-3-15(12)26(37)38)33-25(36)22-9-21(32-23-17(27(39)40)11-31-34(22)23)24(35)30-10-13-2-6-18(28)19(29)8-13/h2-4,6,8-9,11,20H,5,7,10H2,1H3,(H,30,35)(H,33,36)(H,37,38)(H,39,40)/t20-/m0/s1. The van der Waals surface area contributed by atoms with E-state index in [1.165, 1.54) is 12.1 Å². The number of amides is 2. The summed E-state index contributed by atoms with van der Waals surface area (Å²) < 4.78 is 27.8. The summed E-state index contributed by atoms with van der Waals surface area (Å²) >= 11 is 0. The molecule has 2 aromatic heterocycles. The van der Waals surface area contributed by atoms with Crippen molar-refractivity contribution in [3.8, 4) is 0 Å². The molecule has 1 atom stereocenters. The number of aromatic nitrogens is 3. The molecule has 204 valence electrons. The van der Waals surface area contributed by atoms with Crippen LogP contribution in [0.2, 0.25) is 0 Å². The van der Waals surface area contributed by atoms with Crippen molar-refractivity contribution in [2.24, 2.45) is 0 Å². The lowest BCUT2D eigenvalue weighted by molar-refractivity contribution is 0.0686. The molecule has 40 heavy (non-hydrogen) atoms. The number of carbonyl (C=O) groups is 4. The third kappa shape index (κ3) is 4.72. The summed E-state index contributed by atoms with van der Waals surface area (Å²) in [7, 11) is 0. The molecule has 0 spiro atoms. The number of hydrogen-bond donors (Lipinski definition) is 4. The maximum atomic E-state index is 13.5. The number of hydrogen-bond acceptors (Lipinski definition) is 6. The molecule has 11 nitrogen and oxygen atoms in total. The van der Waals surface area contributed by atoms with E-state index in [1.54, 1.807) is 13.0 Å². The number of carboxylic acid groups (broad SMARTS) is 2. The lowest BCUT2D eigenvalue weighted by atomic mass is 9.98. The number of aromatic carboxylic acids is 2. The lowest BCUT2D eigenvalue weighted by Gasteiger charge is -2.16. The van der Waals surface area contributed by atoms with Gasteiger partial charge in [-0.1, -0.05) is 12.1 Å². The largest absolute Gasteiger partial charge is 0.478 e. The molecule has 4 N–H and O–H groups in total. The zero-order valence-electron chi connectivity index (χ0n) is 20.9. The van der Waals surface area contributed by atoms with E-state index in [-0.39, 0.29) is 40.3 Å². The number of benzene rings is 2. The Morgan fingerprint density at radius 3 is 2.45 bits per heavy atom. The topological polar surface area (TPSA) is 163 Å². The molecular weight excluding hydrogens is 528 g/mol. The van der Waals surface area contributed by atoms with Gasteiger partial charge in [0.15, 0.2) is 17.3 Å². The summed E-state index contributed by atoms with van der Waals surface area (Å²) in [5.74, 6) is -6.00. The summed E-state index contributed by atoms with van der Waals surface area (Å²) in [6, 6.07) is 6.94. The minimum atomic E-state index is -1.37. The minimum absolute atomic E-state index is 0.164. The maximum Gasteiger partial charge on any atom is 0.341 e. The van der Waals surface area contributed by atoms with E-state index in [0.29, 0.717) is 18.4 Å². The van der Waals surface area contributed by atoms with E-state index >= 15 is 0 Å². The molecule has 0 saturated heterocycles. The molecule has 0 unspecified atom stereocenters. The molecule has 4 aromatic rings. The van der Waals surface area contributed by atoms with Crippen LogP contribution < -0.4 is 10.6 Å². The summed E-state index contributed by atoms with van der Waals surface area (Å²) in [4.78, 5) is 53.7. The fourth-order valence-electron chi connectivity index (χ4n) is 4.81. The number of rotatable bonds is 7. The van der Waals surface area contributed by atoms with Crippen molar-refractivity contribution in [1.29, 1.82) is 0 Å². The first kappa shape index (κ1) is 26.4.